The van der Waals surface area contributed by atoms with Gasteiger partial charge in [0, 0.05) is 0 Å². The van der Waals surface area contributed by atoms with Gasteiger partial charge in [-0.1, -0.05) is 0 Å². The standard InChI is InChI=1S/C9H16O6/c1-9(2)13-3-4(15-9)7-5(10)6(11)8(12)14-7/h4-8,10-12H,3H2,1-2H3/t4-,5-,6-,7+,8?/m1/s1. The highest BCUT2D eigenvalue weighted by molar-refractivity contribution is 4.93. The molecule has 0 aromatic rings. The Morgan fingerprint density at radius 1 is 1.13 bits per heavy atom. The minimum atomic E-state index is -1.36. The van der Waals surface area contributed by atoms with E-state index in [4.69, 9.17) is 14.2 Å². The second kappa shape index (κ2) is 3.65. The minimum absolute atomic E-state index is 0.272. The number of hydrogen-bond donors (Lipinski definition) is 3. The van der Waals surface area contributed by atoms with E-state index in [0.29, 0.717) is 0 Å². The number of hydrogen-bond acceptors (Lipinski definition) is 6. The molecule has 1 unspecified atom stereocenters. The molecule has 2 rings (SSSR count). The molecule has 0 aromatic carbocycles. The van der Waals surface area contributed by atoms with Crippen LogP contribution in [-0.4, -0.2) is 58.4 Å². The Hall–Kier alpha value is -0.240. The van der Waals surface area contributed by atoms with Crippen molar-refractivity contribution in [3.63, 3.8) is 0 Å². The van der Waals surface area contributed by atoms with Crippen molar-refractivity contribution in [3.8, 4) is 0 Å². The van der Waals surface area contributed by atoms with Crippen LogP contribution in [0, 0.1) is 0 Å². The Kier molecular flexibility index (Phi) is 2.74. The average molecular weight is 220 g/mol. The van der Waals surface area contributed by atoms with Crippen molar-refractivity contribution in [1.29, 1.82) is 0 Å². The van der Waals surface area contributed by atoms with Gasteiger partial charge in [0.05, 0.1) is 6.61 Å². The van der Waals surface area contributed by atoms with E-state index in [0.717, 1.165) is 0 Å². The molecule has 6 nitrogen and oxygen atoms in total. The lowest BCUT2D eigenvalue weighted by molar-refractivity contribution is -0.177. The Morgan fingerprint density at radius 2 is 1.80 bits per heavy atom. The van der Waals surface area contributed by atoms with Crippen LogP contribution in [0.15, 0.2) is 0 Å². The molecule has 0 radical (unpaired) electrons. The van der Waals surface area contributed by atoms with E-state index >= 15 is 0 Å². The maximum absolute atomic E-state index is 9.59. The van der Waals surface area contributed by atoms with Crippen molar-refractivity contribution in [1.82, 2.24) is 0 Å². The fourth-order valence-electron chi connectivity index (χ4n) is 1.87. The molecule has 2 fully saturated rings. The zero-order valence-corrected chi connectivity index (χ0v) is 8.66. The SMILES string of the molecule is CC1(C)OC[C@H]([C@@H]2OC(O)[C@H](O)[C@H]2O)O1. The Balaban J connectivity index is 2.01. The quantitative estimate of drug-likeness (QED) is 0.502. The second-order valence-corrected chi connectivity index (χ2v) is 4.34. The van der Waals surface area contributed by atoms with Gasteiger partial charge in [0.15, 0.2) is 12.1 Å². The first kappa shape index (κ1) is 11.3. The maximum atomic E-state index is 9.59. The van der Waals surface area contributed by atoms with Gasteiger partial charge in [-0.2, -0.15) is 0 Å². The van der Waals surface area contributed by atoms with Crippen molar-refractivity contribution in [2.45, 2.75) is 50.3 Å². The molecule has 2 aliphatic heterocycles. The van der Waals surface area contributed by atoms with Crippen LogP contribution in [0.2, 0.25) is 0 Å². The van der Waals surface area contributed by atoms with E-state index in [1.165, 1.54) is 0 Å². The van der Waals surface area contributed by atoms with E-state index in [1.807, 2.05) is 0 Å². The number of ether oxygens (including phenoxy) is 3. The van der Waals surface area contributed by atoms with Gasteiger partial charge in [0.2, 0.25) is 0 Å². The van der Waals surface area contributed by atoms with Crippen LogP contribution in [-0.2, 0) is 14.2 Å². The van der Waals surface area contributed by atoms with Crippen LogP contribution in [0.25, 0.3) is 0 Å². The fraction of sp³-hybridized carbons (Fsp3) is 1.00. The van der Waals surface area contributed by atoms with E-state index in [9.17, 15) is 15.3 Å². The Bertz CT molecular complexity index is 243. The molecule has 88 valence electrons. The number of aliphatic hydroxyl groups is 3. The monoisotopic (exact) mass is 220 g/mol. The van der Waals surface area contributed by atoms with Gasteiger partial charge in [-0.3, -0.25) is 0 Å². The summed E-state index contributed by atoms with van der Waals surface area (Å²) in [5.41, 5.74) is 0. The molecule has 0 aromatic heterocycles. The minimum Gasteiger partial charge on any atom is -0.387 e. The summed E-state index contributed by atoms with van der Waals surface area (Å²) in [7, 11) is 0. The van der Waals surface area contributed by atoms with Crippen molar-refractivity contribution in [2.75, 3.05) is 6.61 Å². The number of aliphatic hydroxyl groups excluding tert-OH is 3. The molecule has 5 atom stereocenters. The van der Waals surface area contributed by atoms with Crippen LogP contribution < -0.4 is 0 Å². The first-order chi connectivity index (χ1) is 6.91. The normalized spacial score (nSPS) is 49.8. The molecule has 0 amide bonds. The molecule has 2 heterocycles. The van der Waals surface area contributed by atoms with E-state index < -0.39 is 36.5 Å². The summed E-state index contributed by atoms with van der Waals surface area (Å²) in [6.07, 6.45) is -5.03. The molecule has 2 aliphatic rings. The summed E-state index contributed by atoms with van der Waals surface area (Å²) in [5, 5.41) is 28.1. The lowest BCUT2D eigenvalue weighted by Crippen LogP contribution is -2.40. The predicted molar refractivity (Wildman–Crippen MR) is 47.8 cm³/mol. The van der Waals surface area contributed by atoms with E-state index in [2.05, 4.69) is 0 Å². The third-order valence-corrected chi connectivity index (χ3v) is 2.67. The topological polar surface area (TPSA) is 88.4 Å². The summed E-state index contributed by atoms with van der Waals surface area (Å²) in [5.74, 6) is -0.716. The third kappa shape index (κ3) is 2.01. The smallest absolute Gasteiger partial charge is 0.184 e. The molecule has 2 saturated heterocycles. The Morgan fingerprint density at radius 3 is 2.20 bits per heavy atom. The van der Waals surface area contributed by atoms with Crippen LogP contribution in [0.5, 0.6) is 0 Å². The molecule has 0 bridgehead atoms. The maximum Gasteiger partial charge on any atom is 0.184 e. The molecular weight excluding hydrogens is 204 g/mol. The third-order valence-electron chi connectivity index (χ3n) is 2.67. The van der Waals surface area contributed by atoms with Crippen LogP contribution >= 0.6 is 0 Å². The summed E-state index contributed by atoms with van der Waals surface area (Å²) in [4.78, 5) is 0. The zero-order valence-electron chi connectivity index (χ0n) is 8.66. The van der Waals surface area contributed by atoms with Gasteiger partial charge in [0.1, 0.15) is 24.4 Å². The highest BCUT2D eigenvalue weighted by atomic mass is 16.8. The summed E-state index contributed by atoms with van der Waals surface area (Å²) in [6, 6.07) is 0. The first-order valence-electron chi connectivity index (χ1n) is 4.92. The van der Waals surface area contributed by atoms with Gasteiger partial charge in [-0.25, -0.2) is 0 Å². The predicted octanol–water partition coefficient (Wildman–Crippen LogP) is -1.42. The van der Waals surface area contributed by atoms with E-state index in [-0.39, 0.29) is 6.61 Å². The van der Waals surface area contributed by atoms with Gasteiger partial charge >= 0.3 is 0 Å². The zero-order chi connectivity index (χ0) is 11.2. The van der Waals surface area contributed by atoms with Crippen molar-refractivity contribution in [2.24, 2.45) is 0 Å². The summed E-state index contributed by atoms with van der Waals surface area (Å²) < 4.78 is 15.8. The first-order valence-corrected chi connectivity index (χ1v) is 4.92. The highest BCUT2D eigenvalue weighted by Crippen LogP contribution is 2.31. The van der Waals surface area contributed by atoms with Crippen molar-refractivity contribution < 1.29 is 29.5 Å². The fourth-order valence-corrected chi connectivity index (χ4v) is 1.87. The highest BCUT2D eigenvalue weighted by Gasteiger charge is 2.49. The van der Waals surface area contributed by atoms with Gasteiger partial charge in [-0.05, 0) is 13.8 Å². The van der Waals surface area contributed by atoms with Gasteiger partial charge in [0.25, 0.3) is 0 Å². The average Bonchev–Trinajstić information content (AvgIpc) is 2.62. The largest absolute Gasteiger partial charge is 0.387 e. The molecule has 6 heteroatoms. The Labute approximate surface area is 87.4 Å². The molecule has 3 N–H and O–H groups in total. The lowest BCUT2D eigenvalue weighted by Gasteiger charge is -2.22. The molecular formula is C9H16O6. The number of rotatable bonds is 1. The molecule has 0 aliphatic carbocycles. The van der Waals surface area contributed by atoms with Crippen LogP contribution in [0.1, 0.15) is 13.8 Å². The van der Waals surface area contributed by atoms with Crippen LogP contribution in [0.3, 0.4) is 0 Å². The summed E-state index contributed by atoms with van der Waals surface area (Å²) >= 11 is 0. The van der Waals surface area contributed by atoms with Gasteiger partial charge < -0.3 is 29.5 Å². The molecule has 0 spiro atoms. The summed E-state index contributed by atoms with van der Waals surface area (Å²) in [6.45, 7) is 3.77. The van der Waals surface area contributed by atoms with Gasteiger partial charge in [-0.15, -0.1) is 0 Å². The lowest BCUT2D eigenvalue weighted by atomic mass is 10.1. The molecule has 15 heavy (non-hydrogen) atoms. The van der Waals surface area contributed by atoms with Crippen molar-refractivity contribution in [3.05, 3.63) is 0 Å². The van der Waals surface area contributed by atoms with Crippen LogP contribution in [0.4, 0.5) is 0 Å². The van der Waals surface area contributed by atoms with Crippen molar-refractivity contribution >= 4 is 0 Å². The second-order valence-electron chi connectivity index (χ2n) is 4.34. The molecule has 0 saturated carbocycles. The van der Waals surface area contributed by atoms with E-state index in [1.54, 1.807) is 13.8 Å².